The van der Waals surface area contributed by atoms with E-state index in [1.807, 2.05) is 26.0 Å². The summed E-state index contributed by atoms with van der Waals surface area (Å²) in [5, 5.41) is 0. The van der Waals surface area contributed by atoms with Crippen molar-refractivity contribution in [2.45, 2.75) is 64.5 Å². The average molecular weight is 345 g/mol. The second kappa shape index (κ2) is 8.70. The summed E-state index contributed by atoms with van der Waals surface area (Å²) in [5.41, 5.74) is 0.596. The van der Waals surface area contributed by atoms with E-state index < -0.39 is 0 Å². The van der Waals surface area contributed by atoms with Crippen LogP contribution in [-0.4, -0.2) is 42.7 Å². The molecule has 2 heterocycles. The highest BCUT2D eigenvalue weighted by Crippen LogP contribution is 2.32. The normalized spacial score (nSPS) is 24.0. The molecule has 2 fully saturated rings. The lowest BCUT2D eigenvalue weighted by Gasteiger charge is -2.44. The molecule has 4 heteroatoms. The minimum absolute atomic E-state index is 0.132. The fourth-order valence-corrected chi connectivity index (χ4v) is 4.24. The van der Waals surface area contributed by atoms with E-state index in [1.54, 1.807) is 12.1 Å². The van der Waals surface area contributed by atoms with Gasteiger partial charge in [-0.25, -0.2) is 4.79 Å². The molecule has 0 bridgehead atoms. The van der Waals surface area contributed by atoms with E-state index in [-0.39, 0.29) is 12.1 Å². The van der Waals surface area contributed by atoms with Gasteiger partial charge in [-0.1, -0.05) is 6.42 Å². The Morgan fingerprint density at radius 2 is 1.88 bits per heavy atom. The van der Waals surface area contributed by atoms with Crippen LogP contribution >= 0.6 is 0 Å². The third-order valence-electron chi connectivity index (χ3n) is 5.41. The molecule has 1 aromatic rings. The number of ether oxygens (including phenoxy) is 2. The molecule has 0 aromatic heterocycles. The van der Waals surface area contributed by atoms with Gasteiger partial charge in [0.15, 0.2) is 0 Å². The predicted molar refractivity (Wildman–Crippen MR) is 99.0 cm³/mol. The fraction of sp³-hybridized carbons (Fsp3) is 0.667. The topological polar surface area (TPSA) is 38.8 Å². The molecule has 1 aromatic carbocycles. The van der Waals surface area contributed by atoms with E-state index in [2.05, 4.69) is 4.90 Å². The number of esters is 1. The molecule has 0 amide bonds. The molecular formula is C21H31NO3. The molecule has 2 atom stereocenters. The summed E-state index contributed by atoms with van der Waals surface area (Å²) in [7, 11) is 0. The molecule has 25 heavy (non-hydrogen) atoms. The number of fused-ring (bicyclic) bond motifs is 1. The molecule has 0 aliphatic carbocycles. The average Bonchev–Trinajstić information content (AvgIpc) is 2.62. The minimum Gasteiger partial charge on any atom is -0.491 e. The van der Waals surface area contributed by atoms with Gasteiger partial charge in [-0.05, 0) is 89.2 Å². The lowest BCUT2D eigenvalue weighted by atomic mass is 9.82. The van der Waals surface area contributed by atoms with Gasteiger partial charge in [0.2, 0.25) is 0 Å². The second-order valence-electron chi connectivity index (χ2n) is 7.62. The van der Waals surface area contributed by atoms with Crippen molar-refractivity contribution >= 4 is 5.97 Å². The van der Waals surface area contributed by atoms with Crippen LogP contribution in [0.15, 0.2) is 24.3 Å². The summed E-state index contributed by atoms with van der Waals surface area (Å²) in [6, 6.07) is 7.94. The highest BCUT2D eigenvalue weighted by Gasteiger charge is 2.32. The highest BCUT2D eigenvalue weighted by molar-refractivity contribution is 5.89. The molecule has 2 aliphatic heterocycles. The van der Waals surface area contributed by atoms with E-state index in [0.717, 1.165) is 12.2 Å². The van der Waals surface area contributed by atoms with Crippen LogP contribution in [0.25, 0.3) is 0 Å². The first-order valence-electron chi connectivity index (χ1n) is 9.81. The molecule has 1 unspecified atom stereocenters. The van der Waals surface area contributed by atoms with E-state index in [0.29, 0.717) is 24.1 Å². The lowest BCUT2D eigenvalue weighted by molar-refractivity contribution is 0.0296. The van der Waals surface area contributed by atoms with Crippen LogP contribution in [0.2, 0.25) is 0 Å². The molecule has 2 saturated heterocycles. The predicted octanol–water partition coefficient (Wildman–Crippen LogP) is 4.29. The number of rotatable bonds is 6. The van der Waals surface area contributed by atoms with Gasteiger partial charge in [-0.15, -0.1) is 0 Å². The van der Waals surface area contributed by atoms with Crippen LogP contribution in [0.1, 0.15) is 62.7 Å². The van der Waals surface area contributed by atoms with Crippen LogP contribution in [0.3, 0.4) is 0 Å². The largest absolute Gasteiger partial charge is 0.491 e. The smallest absolute Gasteiger partial charge is 0.338 e. The molecule has 0 saturated carbocycles. The zero-order chi connectivity index (χ0) is 17.6. The van der Waals surface area contributed by atoms with E-state index in [4.69, 9.17) is 9.47 Å². The third kappa shape index (κ3) is 4.97. The molecule has 0 radical (unpaired) electrons. The van der Waals surface area contributed by atoms with Crippen LogP contribution in [-0.2, 0) is 4.74 Å². The Morgan fingerprint density at radius 3 is 2.64 bits per heavy atom. The SMILES string of the molecule is CC(C)Oc1ccc(C(=O)OCC[C@@H]2CCCN3CCCCC23)cc1. The Kier molecular flexibility index (Phi) is 6.35. The van der Waals surface area contributed by atoms with Gasteiger partial charge in [-0.3, -0.25) is 0 Å². The quantitative estimate of drug-likeness (QED) is 0.721. The number of nitrogens with zero attached hydrogens (tertiary/aromatic N) is 1. The lowest BCUT2D eigenvalue weighted by Crippen LogP contribution is -2.48. The summed E-state index contributed by atoms with van der Waals surface area (Å²) in [5.74, 6) is 1.24. The Labute approximate surface area is 151 Å². The summed E-state index contributed by atoms with van der Waals surface area (Å²) < 4.78 is 11.1. The maximum Gasteiger partial charge on any atom is 0.338 e. The van der Waals surface area contributed by atoms with Gasteiger partial charge in [0, 0.05) is 6.04 Å². The molecule has 3 rings (SSSR count). The fourth-order valence-electron chi connectivity index (χ4n) is 4.24. The number of hydrogen-bond donors (Lipinski definition) is 0. The van der Waals surface area contributed by atoms with Gasteiger partial charge in [-0.2, -0.15) is 0 Å². The number of benzene rings is 1. The maximum absolute atomic E-state index is 12.2. The van der Waals surface area contributed by atoms with Crippen molar-refractivity contribution < 1.29 is 14.3 Å². The first-order chi connectivity index (χ1) is 12.1. The Balaban J connectivity index is 1.45. The number of hydrogen-bond acceptors (Lipinski definition) is 4. The van der Waals surface area contributed by atoms with Crippen molar-refractivity contribution in [3.63, 3.8) is 0 Å². The number of carbonyl (C=O) groups is 1. The first-order valence-corrected chi connectivity index (χ1v) is 9.81. The Morgan fingerprint density at radius 1 is 1.12 bits per heavy atom. The molecule has 0 N–H and O–H groups in total. The molecule has 2 aliphatic rings. The van der Waals surface area contributed by atoms with E-state index in [9.17, 15) is 4.79 Å². The standard InChI is InChI=1S/C21H31NO3/c1-16(2)25-19-10-8-18(9-11-19)21(23)24-15-12-17-6-5-14-22-13-4-3-7-20(17)22/h8-11,16-17,20H,3-7,12-15H2,1-2H3/t17-,20?/m0/s1. The van der Waals surface area contributed by atoms with Crippen molar-refractivity contribution in [2.75, 3.05) is 19.7 Å². The number of piperidine rings is 2. The molecule has 4 nitrogen and oxygen atoms in total. The van der Waals surface area contributed by atoms with E-state index >= 15 is 0 Å². The molecule has 138 valence electrons. The van der Waals surface area contributed by atoms with Crippen molar-refractivity contribution in [3.05, 3.63) is 29.8 Å². The Hall–Kier alpha value is -1.55. The number of carbonyl (C=O) groups excluding carboxylic acids is 1. The van der Waals surface area contributed by atoms with Crippen molar-refractivity contribution in [1.29, 1.82) is 0 Å². The van der Waals surface area contributed by atoms with Gasteiger partial charge < -0.3 is 14.4 Å². The summed E-state index contributed by atoms with van der Waals surface area (Å²) in [6.07, 6.45) is 7.69. The van der Waals surface area contributed by atoms with Crippen LogP contribution < -0.4 is 4.74 Å². The van der Waals surface area contributed by atoms with Crippen molar-refractivity contribution in [3.8, 4) is 5.75 Å². The van der Waals surface area contributed by atoms with Gasteiger partial charge in [0.05, 0.1) is 18.3 Å². The maximum atomic E-state index is 12.2. The van der Waals surface area contributed by atoms with Crippen LogP contribution in [0, 0.1) is 5.92 Å². The van der Waals surface area contributed by atoms with Gasteiger partial charge >= 0.3 is 5.97 Å². The summed E-state index contributed by atoms with van der Waals surface area (Å²) in [6.45, 7) is 7.01. The molecular weight excluding hydrogens is 314 g/mol. The van der Waals surface area contributed by atoms with Gasteiger partial charge in [0.25, 0.3) is 0 Å². The van der Waals surface area contributed by atoms with E-state index in [1.165, 1.54) is 45.2 Å². The Bertz CT molecular complexity index is 553. The molecule has 0 spiro atoms. The van der Waals surface area contributed by atoms with Crippen molar-refractivity contribution in [1.82, 2.24) is 4.90 Å². The highest BCUT2D eigenvalue weighted by atomic mass is 16.5. The second-order valence-corrected chi connectivity index (χ2v) is 7.62. The van der Waals surface area contributed by atoms with Crippen LogP contribution in [0.5, 0.6) is 5.75 Å². The summed E-state index contributed by atoms with van der Waals surface area (Å²) in [4.78, 5) is 14.9. The monoisotopic (exact) mass is 345 g/mol. The first kappa shape index (κ1) is 18.2. The van der Waals surface area contributed by atoms with Crippen LogP contribution in [0.4, 0.5) is 0 Å². The minimum atomic E-state index is -0.229. The van der Waals surface area contributed by atoms with Gasteiger partial charge in [0.1, 0.15) is 5.75 Å². The zero-order valence-electron chi connectivity index (χ0n) is 15.6. The summed E-state index contributed by atoms with van der Waals surface area (Å²) >= 11 is 0. The third-order valence-corrected chi connectivity index (χ3v) is 5.41. The zero-order valence-corrected chi connectivity index (χ0v) is 15.6. The van der Waals surface area contributed by atoms with Crippen molar-refractivity contribution in [2.24, 2.45) is 5.92 Å².